The third kappa shape index (κ3) is 12.2. The molecule has 3 aliphatic heterocycles. The molecule has 3 aromatic heterocycles. The standard InChI is InChI=1S/C21H19ClN4O.C21H20N4O.C14H16N4/c22-19-15-18(20(24-23-19)16-7-3-1-4-8-16)25-11-13-26(14-12-25)21(27)17-9-5-2-6-10-17;26-21(18-9-5-2-6-10-18)25-15-13-24(14-16-25)19-11-12-22-23-20(19)17-7-3-1-4-8-17;1-2-4-12(5-3-1)14-13(6-7-16-17-14)18-10-8-15-9-11-18/h1-10,15H,11-14H2;1-12H,13-16H2;1-7,15H,8-11H2. The van der Waals surface area contributed by atoms with Crippen molar-refractivity contribution in [2.75, 3.05) is 93.2 Å². The number of hydrogen-bond acceptors (Lipinski definition) is 12. The predicted octanol–water partition coefficient (Wildman–Crippen LogP) is 8.42. The highest BCUT2D eigenvalue weighted by atomic mass is 35.5. The molecule has 0 spiro atoms. The first-order valence-corrected chi connectivity index (χ1v) is 24.3. The molecule has 0 bridgehead atoms. The number of anilines is 3. The van der Waals surface area contributed by atoms with Crippen LogP contribution in [0.4, 0.5) is 17.1 Å². The summed E-state index contributed by atoms with van der Waals surface area (Å²) in [4.78, 5) is 36.0. The lowest BCUT2D eigenvalue weighted by Gasteiger charge is -2.36. The minimum Gasteiger partial charge on any atom is -0.367 e. The Bertz CT molecular complexity index is 2940. The Labute approximate surface area is 419 Å². The fourth-order valence-electron chi connectivity index (χ4n) is 8.90. The molecule has 1 N–H and O–H groups in total. The largest absolute Gasteiger partial charge is 0.367 e. The van der Waals surface area contributed by atoms with Crippen molar-refractivity contribution in [1.82, 2.24) is 45.7 Å². The van der Waals surface area contributed by atoms with Crippen LogP contribution in [0.15, 0.2) is 182 Å². The molecule has 15 heteroatoms. The summed E-state index contributed by atoms with van der Waals surface area (Å²) in [5, 5.41) is 28.8. The Morgan fingerprint density at radius 1 is 0.394 bits per heavy atom. The van der Waals surface area contributed by atoms with Gasteiger partial charge < -0.3 is 29.8 Å². The second kappa shape index (κ2) is 24.0. The molecule has 11 rings (SSSR count). The van der Waals surface area contributed by atoms with Crippen molar-refractivity contribution >= 4 is 40.5 Å². The van der Waals surface area contributed by atoms with Gasteiger partial charge in [0.05, 0.1) is 29.5 Å². The predicted molar refractivity (Wildman–Crippen MR) is 282 cm³/mol. The molecular weight excluding hydrogens is 908 g/mol. The number of rotatable bonds is 8. The number of aromatic nitrogens is 6. The maximum Gasteiger partial charge on any atom is 0.253 e. The molecule has 0 unspecified atom stereocenters. The lowest BCUT2D eigenvalue weighted by atomic mass is 10.1. The van der Waals surface area contributed by atoms with Gasteiger partial charge in [0.2, 0.25) is 0 Å². The monoisotopic (exact) mass is 962 g/mol. The second-order valence-electron chi connectivity index (χ2n) is 17.1. The molecule has 6 heterocycles. The van der Waals surface area contributed by atoms with Gasteiger partial charge in [-0.05, 0) is 36.4 Å². The van der Waals surface area contributed by atoms with Crippen molar-refractivity contribution in [3.63, 3.8) is 0 Å². The van der Waals surface area contributed by atoms with Gasteiger partial charge in [-0.3, -0.25) is 9.59 Å². The summed E-state index contributed by atoms with van der Waals surface area (Å²) >= 11 is 6.12. The number of carbonyl (C=O) groups excluding carboxylic acids is 2. The number of benzene rings is 5. The molecule has 0 atom stereocenters. The highest BCUT2D eigenvalue weighted by molar-refractivity contribution is 6.29. The molecule has 14 nitrogen and oxygen atoms in total. The van der Waals surface area contributed by atoms with Gasteiger partial charge in [0, 0.05) is 112 Å². The highest BCUT2D eigenvalue weighted by Gasteiger charge is 2.26. The Kier molecular flexibility index (Phi) is 16.2. The Morgan fingerprint density at radius 3 is 1.15 bits per heavy atom. The summed E-state index contributed by atoms with van der Waals surface area (Å²) in [7, 11) is 0. The summed E-state index contributed by atoms with van der Waals surface area (Å²) in [6.07, 6.45) is 3.49. The van der Waals surface area contributed by atoms with Crippen LogP contribution in [0.1, 0.15) is 20.7 Å². The number of nitrogens with zero attached hydrogens (tertiary/aromatic N) is 11. The minimum atomic E-state index is 0.0735. The number of amides is 2. The van der Waals surface area contributed by atoms with Crippen molar-refractivity contribution in [3.8, 4) is 33.8 Å². The van der Waals surface area contributed by atoms with Crippen molar-refractivity contribution in [2.24, 2.45) is 0 Å². The summed E-state index contributed by atoms with van der Waals surface area (Å²) in [5.41, 5.74) is 10.5. The summed E-state index contributed by atoms with van der Waals surface area (Å²) < 4.78 is 0. The van der Waals surface area contributed by atoms with E-state index >= 15 is 0 Å². The molecular formula is C56H55ClN12O2. The van der Waals surface area contributed by atoms with Gasteiger partial charge in [0.1, 0.15) is 17.1 Å². The van der Waals surface area contributed by atoms with E-state index in [1.54, 1.807) is 12.4 Å². The summed E-state index contributed by atoms with van der Waals surface area (Å²) in [5.74, 6) is 0.172. The number of halogens is 1. The zero-order chi connectivity index (χ0) is 48.6. The van der Waals surface area contributed by atoms with Crippen LogP contribution in [0.2, 0.25) is 5.15 Å². The fraction of sp³-hybridized carbons (Fsp3) is 0.214. The van der Waals surface area contributed by atoms with E-state index in [4.69, 9.17) is 11.6 Å². The van der Waals surface area contributed by atoms with Crippen LogP contribution in [0.5, 0.6) is 0 Å². The van der Waals surface area contributed by atoms with Crippen LogP contribution < -0.4 is 20.0 Å². The van der Waals surface area contributed by atoms with Gasteiger partial charge in [-0.1, -0.05) is 139 Å². The van der Waals surface area contributed by atoms with Crippen LogP contribution in [0.25, 0.3) is 33.8 Å². The lowest BCUT2D eigenvalue weighted by molar-refractivity contribution is 0.0739. The van der Waals surface area contributed by atoms with Gasteiger partial charge in [-0.25, -0.2) is 0 Å². The molecule has 0 saturated carbocycles. The normalized spacial score (nSPS) is 14.6. The lowest BCUT2D eigenvalue weighted by Crippen LogP contribution is -2.49. The third-order valence-electron chi connectivity index (χ3n) is 12.6. The molecule has 2 amide bonds. The molecule has 0 aliphatic carbocycles. The average molecular weight is 964 g/mol. The zero-order valence-electron chi connectivity index (χ0n) is 39.4. The number of hydrogen-bond donors (Lipinski definition) is 1. The minimum absolute atomic E-state index is 0.0735. The van der Waals surface area contributed by atoms with E-state index < -0.39 is 0 Å². The van der Waals surface area contributed by atoms with E-state index in [9.17, 15) is 9.59 Å². The van der Waals surface area contributed by atoms with Crippen LogP contribution in [0, 0.1) is 0 Å². The SMILES string of the molecule is O=C(c1ccccc1)N1CCN(c2cc(Cl)nnc2-c2ccccc2)CC1.O=C(c1ccccc1)N1CCN(c2ccnnc2-c2ccccc2)CC1.c1ccc(-c2nnccc2N2CCNCC2)cc1. The molecule has 71 heavy (non-hydrogen) atoms. The van der Waals surface area contributed by atoms with Gasteiger partial charge in [-0.15, -0.1) is 20.4 Å². The van der Waals surface area contributed by atoms with E-state index in [0.29, 0.717) is 31.3 Å². The second-order valence-corrected chi connectivity index (χ2v) is 17.4. The fourth-order valence-corrected chi connectivity index (χ4v) is 9.04. The van der Waals surface area contributed by atoms with Gasteiger partial charge in [-0.2, -0.15) is 10.2 Å². The molecule has 3 saturated heterocycles. The molecule has 8 aromatic rings. The smallest absolute Gasteiger partial charge is 0.253 e. The maximum atomic E-state index is 12.6. The Hall–Kier alpha value is -8.07. The highest BCUT2D eigenvalue weighted by Crippen LogP contribution is 2.32. The zero-order valence-corrected chi connectivity index (χ0v) is 40.2. The Balaban J connectivity index is 0.000000135. The van der Waals surface area contributed by atoms with Gasteiger partial charge in [0.25, 0.3) is 11.8 Å². The van der Waals surface area contributed by atoms with Crippen molar-refractivity contribution < 1.29 is 9.59 Å². The van der Waals surface area contributed by atoms with E-state index in [1.165, 1.54) is 5.69 Å². The molecule has 5 aromatic carbocycles. The van der Waals surface area contributed by atoms with Crippen LogP contribution >= 0.6 is 11.6 Å². The maximum absolute atomic E-state index is 12.6. The molecule has 0 radical (unpaired) electrons. The van der Waals surface area contributed by atoms with Gasteiger partial charge >= 0.3 is 0 Å². The van der Waals surface area contributed by atoms with E-state index in [1.807, 2.05) is 161 Å². The number of nitrogens with one attached hydrogen (secondary N) is 1. The van der Waals surface area contributed by atoms with Crippen molar-refractivity contribution in [3.05, 3.63) is 199 Å². The van der Waals surface area contributed by atoms with E-state index in [-0.39, 0.29) is 11.8 Å². The first kappa shape index (κ1) is 48.0. The molecule has 358 valence electrons. The summed E-state index contributed by atoms with van der Waals surface area (Å²) in [6, 6.07) is 55.1. The number of piperazine rings is 3. The van der Waals surface area contributed by atoms with Crippen LogP contribution in [-0.2, 0) is 0 Å². The van der Waals surface area contributed by atoms with Crippen LogP contribution in [-0.4, -0.2) is 131 Å². The third-order valence-corrected chi connectivity index (χ3v) is 12.8. The Morgan fingerprint density at radius 2 is 0.746 bits per heavy atom. The van der Waals surface area contributed by atoms with Gasteiger partial charge in [0.15, 0.2) is 5.15 Å². The quantitative estimate of drug-likeness (QED) is 0.156. The van der Waals surface area contributed by atoms with Crippen LogP contribution in [0.3, 0.4) is 0 Å². The number of carbonyl (C=O) groups is 2. The molecule has 3 aliphatic rings. The summed E-state index contributed by atoms with van der Waals surface area (Å²) in [6.45, 7) is 9.80. The van der Waals surface area contributed by atoms with Crippen molar-refractivity contribution in [2.45, 2.75) is 0 Å². The first-order chi connectivity index (χ1) is 35.0. The first-order valence-electron chi connectivity index (χ1n) is 24.0. The van der Waals surface area contributed by atoms with Crippen molar-refractivity contribution in [1.29, 1.82) is 0 Å². The van der Waals surface area contributed by atoms with E-state index in [2.05, 4.69) is 68.8 Å². The average Bonchev–Trinajstić information content (AvgIpc) is 3.46. The topological polar surface area (TPSA) is 140 Å². The van der Waals surface area contributed by atoms with E-state index in [0.717, 1.165) is 109 Å². The molecule has 3 fully saturated rings.